The molecule has 0 bridgehead atoms. The maximum absolute atomic E-state index is 13.4. The van der Waals surface area contributed by atoms with Crippen molar-refractivity contribution in [2.75, 3.05) is 32.6 Å². The minimum absolute atomic E-state index is 0.0905. The van der Waals surface area contributed by atoms with Crippen molar-refractivity contribution in [3.63, 3.8) is 0 Å². The van der Waals surface area contributed by atoms with E-state index in [1.165, 1.54) is 23.9 Å². The summed E-state index contributed by atoms with van der Waals surface area (Å²) < 4.78 is 26.0. The van der Waals surface area contributed by atoms with E-state index in [2.05, 4.69) is 15.5 Å². The summed E-state index contributed by atoms with van der Waals surface area (Å²) in [6.45, 7) is 1.71. The SMILES string of the molecule is COc1ccc(-n2cnnc2SCC(=O)NCC2(c3ccc(F)cc3)CCOCC2)cc1. The molecule has 0 aliphatic carbocycles. The fourth-order valence-electron chi connectivity index (χ4n) is 3.82. The van der Waals surface area contributed by atoms with Crippen LogP contribution in [0.3, 0.4) is 0 Å². The number of hydrogen-bond acceptors (Lipinski definition) is 6. The smallest absolute Gasteiger partial charge is 0.230 e. The molecule has 1 saturated heterocycles. The molecule has 1 aromatic heterocycles. The number of aromatic nitrogens is 3. The Labute approximate surface area is 190 Å². The highest BCUT2D eigenvalue weighted by atomic mass is 32.2. The first-order valence-corrected chi connectivity index (χ1v) is 11.4. The number of rotatable bonds is 8. The van der Waals surface area contributed by atoms with Crippen LogP contribution in [0, 0.1) is 5.82 Å². The van der Waals surface area contributed by atoms with Gasteiger partial charge in [-0.2, -0.15) is 0 Å². The molecule has 3 aromatic rings. The van der Waals surface area contributed by atoms with Crippen LogP contribution in [-0.2, 0) is 14.9 Å². The lowest BCUT2D eigenvalue weighted by atomic mass is 9.74. The van der Waals surface area contributed by atoms with Gasteiger partial charge in [0.15, 0.2) is 5.16 Å². The molecule has 0 radical (unpaired) electrons. The summed E-state index contributed by atoms with van der Waals surface area (Å²) >= 11 is 1.32. The van der Waals surface area contributed by atoms with Crippen molar-refractivity contribution in [3.05, 3.63) is 66.2 Å². The first-order chi connectivity index (χ1) is 15.6. The molecule has 1 aliphatic heterocycles. The summed E-state index contributed by atoms with van der Waals surface area (Å²) in [6, 6.07) is 14.1. The molecule has 2 aromatic carbocycles. The molecule has 0 unspecified atom stereocenters. The summed E-state index contributed by atoms with van der Waals surface area (Å²) in [7, 11) is 1.62. The van der Waals surface area contributed by atoms with Crippen LogP contribution in [0.5, 0.6) is 5.75 Å². The van der Waals surface area contributed by atoms with Crippen molar-refractivity contribution in [2.45, 2.75) is 23.4 Å². The van der Waals surface area contributed by atoms with E-state index in [0.29, 0.717) is 24.9 Å². The van der Waals surface area contributed by atoms with E-state index in [-0.39, 0.29) is 22.9 Å². The third-order valence-corrected chi connectivity index (χ3v) is 6.67. The van der Waals surface area contributed by atoms with Gasteiger partial charge < -0.3 is 14.8 Å². The number of methoxy groups -OCH3 is 1. The molecule has 0 saturated carbocycles. The van der Waals surface area contributed by atoms with E-state index in [1.54, 1.807) is 25.6 Å². The van der Waals surface area contributed by atoms with E-state index >= 15 is 0 Å². The van der Waals surface area contributed by atoms with Gasteiger partial charge in [-0.25, -0.2) is 4.39 Å². The van der Waals surface area contributed by atoms with Crippen LogP contribution in [0.2, 0.25) is 0 Å². The second kappa shape index (κ2) is 10.1. The maximum Gasteiger partial charge on any atom is 0.230 e. The Morgan fingerprint density at radius 2 is 1.91 bits per heavy atom. The molecule has 4 rings (SSSR count). The first-order valence-electron chi connectivity index (χ1n) is 10.4. The lowest BCUT2D eigenvalue weighted by Gasteiger charge is -2.38. The van der Waals surface area contributed by atoms with Gasteiger partial charge >= 0.3 is 0 Å². The Morgan fingerprint density at radius 1 is 1.19 bits per heavy atom. The Kier molecular flexibility index (Phi) is 7.06. The van der Waals surface area contributed by atoms with Crippen LogP contribution in [0.15, 0.2) is 60.0 Å². The van der Waals surface area contributed by atoms with Gasteiger partial charge in [-0.3, -0.25) is 9.36 Å². The fraction of sp³-hybridized carbons (Fsp3) is 0.348. The predicted molar refractivity (Wildman–Crippen MR) is 120 cm³/mol. The number of carbonyl (C=O) groups is 1. The third kappa shape index (κ3) is 5.11. The summed E-state index contributed by atoms with van der Waals surface area (Å²) in [4.78, 5) is 12.6. The van der Waals surface area contributed by atoms with E-state index < -0.39 is 0 Å². The van der Waals surface area contributed by atoms with Gasteiger partial charge in [-0.15, -0.1) is 10.2 Å². The summed E-state index contributed by atoms with van der Waals surface area (Å²) in [5, 5.41) is 11.8. The minimum Gasteiger partial charge on any atom is -0.497 e. The van der Waals surface area contributed by atoms with Crippen molar-refractivity contribution >= 4 is 17.7 Å². The summed E-state index contributed by atoms with van der Waals surface area (Å²) in [5.41, 5.74) is 1.65. The normalized spacial score (nSPS) is 15.3. The molecule has 168 valence electrons. The van der Waals surface area contributed by atoms with Crippen LogP contribution < -0.4 is 10.1 Å². The van der Waals surface area contributed by atoms with Gasteiger partial charge in [0.25, 0.3) is 0 Å². The van der Waals surface area contributed by atoms with Gasteiger partial charge in [0.2, 0.25) is 5.91 Å². The molecule has 1 aliphatic rings. The molecule has 1 amide bonds. The Bertz CT molecular complexity index is 1030. The summed E-state index contributed by atoms with van der Waals surface area (Å²) in [6.07, 6.45) is 3.17. The second-order valence-electron chi connectivity index (χ2n) is 7.65. The standard InChI is InChI=1S/C23H25FN4O3S/c1-30-20-8-6-19(7-9-20)28-16-26-27-22(28)32-14-21(29)25-15-23(10-12-31-13-11-23)17-2-4-18(24)5-3-17/h2-9,16H,10-15H2,1H3,(H,25,29). The van der Waals surface area contributed by atoms with Crippen molar-refractivity contribution < 1.29 is 18.7 Å². The van der Waals surface area contributed by atoms with E-state index in [9.17, 15) is 9.18 Å². The number of halogens is 1. The average molecular weight is 457 g/mol. The number of ether oxygens (including phenoxy) is 2. The number of amides is 1. The topological polar surface area (TPSA) is 78.3 Å². The average Bonchev–Trinajstić information content (AvgIpc) is 3.31. The van der Waals surface area contributed by atoms with Gasteiger partial charge in [0.05, 0.1) is 12.9 Å². The van der Waals surface area contributed by atoms with Gasteiger partial charge in [-0.05, 0) is 54.8 Å². The highest BCUT2D eigenvalue weighted by Gasteiger charge is 2.34. The zero-order valence-corrected chi connectivity index (χ0v) is 18.6. The Hall–Kier alpha value is -2.91. The number of thioether (sulfide) groups is 1. The van der Waals surface area contributed by atoms with E-state index in [1.807, 2.05) is 28.8 Å². The van der Waals surface area contributed by atoms with Crippen molar-refractivity contribution in [3.8, 4) is 11.4 Å². The molecule has 32 heavy (non-hydrogen) atoms. The number of carbonyl (C=O) groups excluding carboxylic acids is 1. The maximum atomic E-state index is 13.4. The monoisotopic (exact) mass is 456 g/mol. The van der Waals surface area contributed by atoms with Gasteiger partial charge in [0, 0.05) is 30.9 Å². The van der Waals surface area contributed by atoms with Gasteiger partial charge in [-0.1, -0.05) is 23.9 Å². The lowest BCUT2D eigenvalue weighted by molar-refractivity contribution is -0.119. The van der Waals surface area contributed by atoms with Gasteiger partial charge in [0.1, 0.15) is 17.9 Å². The zero-order chi connectivity index (χ0) is 22.4. The number of benzene rings is 2. The number of hydrogen-bond donors (Lipinski definition) is 1. The highest BCUT2D eigenvalue weighted by molar-refractivity contribution is 7.99. The largest absolute Gasteiger partial charge is 0.497 e. The molecule has 0 atom stereocenters. The highest BCUT2D eigenvalue weighted by Crippen LogP contribution is 2.34. The number of nitrogens with zero attached hydrogens (tertiary/aromatic N) is 3. The molecule has 0 spiro atoms. The molecular formula is C23H25FN4O3S. The van der Waals surface area contributed by atoms with Crippen molar-refractivity contribution in [1.82, 2.24) is 20.1 Å². The molecule has 1 N–H and O–H groups in total. The van der Waals surface area contributed by atoms with Crippen LogP contribution in [-0.4, -0.2) is 53.3 Å². The van der Waals surface area contributed by atoms with Crippen molar-refractivity contribution in [1.29, 1.82) is 0 Å². The number of nitrogens with one attached hydrogen (secondary N) is 1. The molecule has 9 heteroatoms. The van der Waals surface area contributed by atoms with E-state index in [4.69, 9.17) is 9.47 Å². The Morgan fingerprint density at radius 3 is 2.59 bits per heavy atom. The molecular weight excluding hydrogens is 431 g/mol. The zero-order valence-electron chi connectivity index (χ0n) is 17.8. The molecule has 1 fully saturated rings. The fourth-order valence-corrected chi connectivity index (χ4v) is 4.58. The summed E-state index contributed by atoms with van der Waals surface area (Å²) in [5.74, 6) is 0.619. The predicted octanol–water partition coefficient (Wildman–Crippen LogP) is 3.37. The van der Waals surface area contributed by atoms with Crippen LogP contribution in [0.1, 0.15) is 18.4 Å². The van der Waals surface area contributed by atoms with Crippen LogP contribution >= 0.6 is 11.8 Å². The van der Waals surface area contributed by atoms with Crippen LogP contribution in [0.4, 0.5) is 4.39 Å². The lowest BCUT2D eigenvalue weighted by Crippen LogP contribution is -2.45. The molecule has 2 heterocycles. The quantitative estimate of drug-likeness (QED) is 0.524. The minimum atomic E-state index is -0.266. The first kappa shape index (κ1) is 22.3. The van der Waals surface area contributed by atoms with Crippen molar-refractivity contribution in [2.24, 2.45) is 0 Å². The van der Waals surface area contributed by atoms with Crippen LogP contribution in [0.25, 0.3) is 5.69 Å². The molecule has 7 nitrogen and oxygen atoms in total. The Balaban J connectivity index is 1.38. The van der Waals surface area contributed by atoms with E-state index in [0.717, 1.165) is 29.8 Å². The third-order valence-electron chi connectivity index (χ3n) is 5.73. The second-order valence-corrected chi connectivity index (χ2v) is 8.59.